The van der Waals surface area contributed by atoms with Gasteiger partial charge in [0.1, 0.15) is 0 Å². The van der Waals surface area contributed by atoms with E-state index in [1.165, 1.54) is 0 Å². The van der Waals surface area contributed by atoms with E-state index in [0.29, 0.717) is 0 Å². The van der Waals surface area contributed by atoms with E-state index in [9.17, 15) is 4.79 Å². The van der Waals surface area contributed by atoms with Gasteiger partial charge in [0.2, 0.25) is 0 Å². The summed E-state index contributed by atoms with van der Waals surface area (Å²) < 4.78 is 0. The predicted octanol–water partition coefficient (Wildman–Crippen LogP) is 1.30. The normalized spacial score (nSPS) is 27.7. The molecule has 1 aliphatic carbocycles. The van der Waals surface area contributed by atoms with Crippen molar-refractivity contribution in [2.75, 3.05) is 0 Å². The zero-order chi connectivity index (χ0) is 7.56. The number of carbonyl (C=O) groups is 1. The third-order valence-corrected chi connectivity index (χ3v) is 1.70. The minimum absolute atomic E-state index is 0. The summed E-state index contributed by atoms with van der Waals surface area (Å²) in [4.78, 5) is 10.5. The molecule has 2 unspecified atom stereocenters. The molecule has 1 N–H and O–H groups in total. The molecule has 2 atom stereocenters. The maximum absolute atomic E-state index is 10.5. The first-order chi connectivity index (χ1) is 4.72. The fourth-order valence-electron chi connectivity index (χ4n) is 1.03. The van der Waals surface area contributed by atoms with Crippen molar-refractivity contribution in [3.8, 4) is 0 Å². The van der Waals surface area contributed by atoms with Crippen molar-refractivity contribution in [1.29, 1.82) is 0 Å². The molecule has 0 aromatic heterocycles. The molecule has 0 aromatic carbocycles. The molecule has 0 fully saturated rings. The topological polar surface area (TPSA) is 37.3 Å². The predicted molar refractivity (Wildman–Crippen MR) is 38.0 cm³/mol. The molecule has 0 amide bonds. The maximum atomic E-state index is 10.5. The molecule has 0 spiro atoms. The Morgan fingerprint density at radius 1 is 1.45 bits per heavy atom. The van der Waals surface area contributed by atoms with Gasteiger partial charge in [0, 0.05) is 0 Å². The number of hydrogen-bond acceptors (Lipinski definition) is 1. The smallest absolute Gasteiger partial charge is 0.482 e. The Hall–Kier alpha value is -0.362. The van der Waals surface area contributed by atoms with Crippen LogP contribution in [0.5, 0.6) is 0 Å². The molecule has 0 saturated heterocycles. The third kappa shape index (κ3) is 2.62. The van der Waals surface area contributed by atoms with E-state index < -0.39 is 5.97 Å². The van der Waals surface area contributed by atoms with Crippen LogP contribution in [0.4, 0.5) is 0 Å². The minimum atomic E-state index is -0.742. The van der Waals surface area contributed by atoms with Crippen LogP contribution in [0.1, 0.15) is 6.92 Å². The van der Waals surface area contributed by atoms with E-state index in [4.69, 9.17) is 5.11 Å². The summed E-state index contributed by atoms with van der Waals surface area (Å²) in [5.74, 6) is -0.944. The van der Waals surface area contributed by atoms with E-state index in [1.807, 2.05) is 19.4 Å². The molecule has 3 heteroatoms. The Morgan fingerprint density at radius 2 is 2.00 bits per heavy atom. The van der Waals surface area contributed by atoms with Gasteiger partial charge in [-0.15, -0.1) is 5.92 Å². The Bertz CT molecular complexity index is 165. The molecular formula is C8H10O2W. The van der Waals surface area contributed by atoms with Crippen LogP contribution in [0.15, 0.2) is 12.2 Å². The molecule has 0 saturated carbocycles. The second-order valence-electron chi connectivity index (χ2n) is 2.49. The van der Waals surface area contributed by atoms with Gasteiger partial charge in [-0.3, -0.25) is 4.79 Å². The molecule has 0 heterocycles. The van der Waals surface area contributed by atoms with Gasteiger partial charge in [-0.1, -0.05) is 6.92 Å². The number of aliphatic carboxylic acids is 1. The number of carboxylic acid groups (broad SMARTS) is 1. The van der Waals surface area contributed by atoms with Crippen molar-refractivity contribution >= 4 is 5.97 Å². The Balaban J connectivity index is 0.000001000. The summed E-state index contributed by atoms with van der Waals surface area (Å²) in [6.45, 7) is 1.90. The van der Waals surface area contributed by atoms with E-state index in [-0.39, 0.29) is 32.9 Å². The van der Waals surface area contributed by atoms with Crippen molar-refractivity contribution in [3.05, 3.63) is 25.0 Å². The minimum Gasteiger partial charge on any atom is -0.482 e. The molecule has 60 valence electrons. The monoisotopic (exact) mass is 322 g/mol. The average molecular weight is 322 g/mol. The largest absolute Gasteiger partial charge is 2.00 e. The number of carboxylic acids is 1. The first-order valence-electron chi connectivity index (χ1n) is 3.29. The Morgan fingerprint density at radius 3 is 2.36 bits per heavy atom. The third-order valence-electron chi connectivity index (χ3n) is 1.70. The van der Waals surface area contributed by atoms with Crippen LogP contribution in [-0.2, 0) is 25.9 Å². The van der Waals surface area contributed by atoms with Crippen molar-refractivity contribution in [3.63, 3.8) is 0 Å². The molecule has 0 aromatic rings. The van der Waals surface area contributed by atoms with Crippen LogP contribution in [0.2, 0.25) is 0 Å². The van der Waals surface area contributed by atoms with Gasteiger partial charge in [-0.2, -0.15) is 0 Å². The molecule has 0 bridgehead atoms. The summed E-state index contributed by atoms with van der Waals surface area (Å²) in [6.07, 6.45) is 7.27. The van der Waals surface area contributed by atoms with Gasteiger partial charge in [-0.05, 0) is 5.92 Å². The van der Waals surface area contributed by atoms with Crippen molar-refractivity contribution < 1.29 is 31.0 Å². The first-order valence-corrected chi connectivity index (χ1v) is 3.29. The van der Waals surface area contributed by atoms with Gasteiger partial charge >= 0.3 is 21.1 Å². The average Bonchev–Trinajstić information content (AvgIpc) is 1.88. The number of hydrogen-bond donors (Lipinski definition) is 1. The van der Waals surface area contributed by atoms with Gasteiger partial charge in [-0.25, -0.2) is 0 Å². The Kier molecular flexibility index (Phi) is 4.35. The van der Waals surface area contributed by atoms with E-state index in [2.05, 4.69) is 0 Å². The Labute approximate surface area is 80.9 Å². The molecule has 0 radical (unpaired) electrons. The van der Waals surface area contributed by atoms with Crippen LogP contribution in [0.3, 0.4) is 0 Å². The zero-order valence-corrected chi connectivity index (χ0v) is 9.16. The van der Waals surface area contributed by atoms with Crippen molar-refractivity contribution in [1.82, 2.24) is 0 Å². The summed E-state index contributed by atoms with van der Waals surface area (Å²) >= 11 is 0. The quantitative estimate of drug-likeness (QED) is 0.739. The zero-order valence-electron chi connectivity index (χ0n) is 6.23. The second kappa shape index (κ2) is 4.50. The second-order valence-corrected chi connectivity index (χ2v) is 2.49. The van der Waals surface area contributed by atoms with Crippen LogP contribution < -0.4 is 0 Å². The summed E-state index contributed by atoms with van der Waals surface area (Å²) in [6, 6.07) is 0. The van der Waals surface area contributed by atoms with E-state index in [1.54, 1.807) is 12.5 Å². The van der Waals surface area contributed by atoms with Gasteiger partial charge < -0.3 is 30.1 Å². The van der Waals surface area contributed by atoms with Crippen LogP contribution >= 0.6 is 0 Å². The van der Waals surface area contributed by atoms with Gasteiger partial charge in [0.15, 0.2) is 0 Å². The van der Waals surface area contributed by atoms with Gasteiger partial charge in [0.25, 0.3) is 5.97 Å². The first kappa shape index (κ1) is 10.6. The van der Waals surface area contributed by atoms with E-state index >= 15 is 0 Å². The summed E-state index contributed by atoms with van der Waals surface area (Å²) in [7, 11) is 0. The number of allylic oxidation sites excluding steroid dienone is 2. The van der Waals surface area contributed by atoms with Crippen molar-refractivity contribution in [2.45, 2.75) is 6.92 Å². The van der Waals surface area contributed by atoms with Gasteiger partial charge in [0.05, 0.1) is 0 Å². The van der Waals surface area contributed by atoms with E-state index in [0.717, 1.165) is 0 Å². The standard InChI is InChI=1S/C8H10O2.W/c1-6-4-2-3-5-7(6)8(9)10;/h2-7H,1H3,(H,9,10);/q-2;+2. The van der Waals surface area contributed by atoms with Crippen LogP contribution in [-0.4, -0.2) is 11.1 Å². The van der Waals surface area contributed by atoms with Crippen molar-refractivity contribution in [2.24, 2.45) is 11.8 Å². The molecule has 1 aliphatic rings. The fourth-order valence-corrected chi connectivity index (χ4v) is 1.03. The molecule has 0 aliphatic heterocycles. The molecular weight excluding hydrogens is 312 g/mol. The summed E-state index contributed by atoms with van der Waals surface area (Å²) in [5, 5.41) is 8.62. The van der Waals surface area contributed by atoms with Crippen LogP contribution in [0.25, 0.3) is 0 Å². The fraction of sp³-hybridized carbons (Fsp3) is 0.375. The SMILES string of the molecule is CC1[CH-]C=C[CH-]C1C(=O)O.[W+2]. The molecule has 11 heavy (non-hydrogen) atoms. The maximum Gasteiger partial charge on any atom is 2.00 e. The molecule has 2 nitrogen and oxygen atoms in total. The van der Waals surface area contributed by atoms with Crippen LogP contribution in [0, 0.1) is 24.7 Å². The molecule has 1 rings (SSSR count). The summed E-state index contributed by atoms with van der Waals surface area (Å²) in [5.41, 5.74) is 0. The number of rotatable bonds is 1.